The summed E-state index contributed by atoms with van der Waals surface area (Å²) in [4.78, 5) is 39.6. The third-order valence-corrected chi connectivity index (χ3v) is 11.4. The number of Topliss-reactive ketones (excluding diaryl/α,β-unsaturated/α-hetero) is 1. The number of allylic oxidation sites excluding steroid dienone is 4. The van der Waals surface area contributed by atoms with Gasteiger partial charge in [-0.25, -0.2) is 0 Å². The first kappa shape index (κ1) is 23.7. The summed E-state index contributed by atoms with van der Waals surface area (Å²) in [6, 6.07) is 2.16. The molecule has 0 aromatic heterocycles. The third kappa shape index (κ3) is 2.85. The molecule has 0 aromatic rings. The van der Waals surface area contributed by atoms with E-state index in [2.05, 4.69) is 33.8 Å². The van der Waals surface area contributed by atoms with E-state index in [0.29, 0.717) is 0 Å². The average Bonchev–Trinajstić information content (AvgIpc) is 2.77. The van der Waals surface area contributed by atoms with E-state index in [1.165, 1.54) is 6.29 Å². The number of carbonyl (C=O) groups excluding carboxylic acids is 3. The number of nitrogens with zero attached hydrogens (tertiary/aromatic N) is 1. The molecule has 0 aliphatic heterocycles. The molecule has 3 fully saturated rings. The molecule has 0 bridgehead atoms. The fourth-order valence-electron chi connectivity index (χ4n) is 9.52. The van der Waals surface area contributed by atoms with Crippen molar-refractivity contribution >= 4 is 17.9 Å². The van der Waals surface area contributed by atoms with Gasteiger partial charge in [0.15, 0.2) is 11.6 Å². The van der Waals surface area contributed by atoms with Gasteiger partial charge in [-0.1, -0.05) is 53.2 Å². The molecule has 7 atom stereocenters. The molecular formula is C30H39NO3. The van der Waals surface area contributed by atoms with Crippen molar-refractivity contribution in [3.63, 3.8) is 0 Å². The summed E-state index contributed by atoms with van der Waals surface area (Å²) < 4.78 is 0. The Balaban J connectivity index is 1.66. The van der Waals surface area contributed by atoms with Gasteiger partial charge in [-0.2, -0.15) is 5.26 Å². The minimum absolute atomic E-state index is 0.0690. The standard InChI is InChI=1S/C30H39NO3/c1-26(2)11-12-30(17-32)10-7-19-24(20(30)15-26)21(33)13-23-28(19,5)9-8-22-27(3,4)25(34)18(16-31)14-29(22,23)6/h13-14,17,19-20,22,24H,7-12,15H2,1-6H3. The number of aldehydes is 1. The van der Waals surface area contributed by atoms with Gasteiger partial charge < -0.3 is 4.79 Å². The molecule has 0 amide bonds. The van der Waals surface area contributed by atoms with Crippen LogP contribution in [-0.4, -0.2) is 17.9 Å². The fourth-order valence-corrected chi connectivity index (χ4v) is 9.52. The Hall–Kier alpha value is -2.02. The quantitative estimate of drug-likeness (QED) is 0.448. The monoisotopic (exact) mass is 461 g/mol. The van der Waals surface area contributed by atoms with E-state index in [-0.39, 0.29) is 57.1 Å². The summed E-state index contributed by atoms with van der Waals surface area (Å²) in [5, 5.41) is 9.77. The third-order valence-electron chi connectivity index (χ3n) is 11.4. The molecule has 0 saturated heterocycles. The van der Waals surface area contributed by atoms with E-state index in [1.807, 2.05) is 26.0 Å². The first-order valence-electron chi connectivity index (χ1n) is 13.2. The molecule has 5 aliphatic rings. The molecule has 34 heavy (non-hydrogen) atoms. The number of hydrogen-bond donors (Lipinski definition) is 0. The smallest absolute Gasteiger partial charge is 0.178 e. The average molecular weight is 462 g/mol. The van der Waals surface area contributed by atoms with Crippen molar-refractivity contribution in [3.05, 3.63) is 23.3 Å². The highest BCUT2D eigenvalue weighted by Crippen LogP contribution is 2.70. The molecule has 0 spiro atoms. The predicted molar refractivity (Wildman–Crippen MR) is 130 cm³/mol. The van der Waals surface area contributed by atoms with Gasteiger partial charge in [-0.05, 0) is 79.6 Å². The topological polar surface area (TPSA) is 75.0 Å². The lowest BCUT2D eigenvalue weighted by atomic mass is 9.38. The van der Waals surface area contributed by atoms with Crippen molar-refractivity contribution in [1.82, 2.24) is 0 Å². The zero-order valence-electron chi connectivity index (χ0n) is 21.7. The van der Waals surface area contributed by atoms with Gasteiger partial charge in [0.1, 0.15) is 12.4 Å². The van der Waals surface area contributed by atoms with Crippen molar-refractivity contribution < 1.29 is 14.4 Å². The summed E-state index contributed by atoms with van der Waals surface area (Å²) in [6.45, 7) is 13.0. The molecule has 4 heteroatoms. The maximum absolute atomic E-state index is 14.0. The van der Waals surface area contributed by atoms with Gasteiger partial charge in [-0.15, -0.1) is 0 Å². The Labute approximate surface area is 204 Å². The molecule has 0 N–H and O–H groups in total. The van der Waals surface area contributed by atoms with Crippen LogP contribution in [0, 0.1) is 62.1 Å². The number of hydrogen-bond acceptors (Lipinski definition) is 4. The maximum Gasteiger partial charge on any atom is 0.178 e. The highest BCUT2D eigenvalue weighted by atomic mass is 16.1. The van der Waals surface area contributed by atoms with Crippen LogP contribution in [0.15, 0.2) is 23.3 Å². The van der Waals surface area contributed by atoms with Crippen LogP contribution in [0.3, 0.4) is 0 Å². The number of rotatable bonds is 1. The molecule has 5 aliphatic carbocycles. The Morgan fingerprint density at radius 1 is 0.971 bits per heavy atom. The normalized spacial score (nSPS) is 46.5. The van der Waals surface area contributed by atoms with Crippen molar-refractivity contribution in [2.75, 3.05) is 0 Å². The maximum atomic E-state index is 14.0. The summed E-state index contributed by atoms with van der Waals surface area (Å²) >= 11 is 0. The van der Waals surface area contributed by atoms with Crippen LogP contribution in [-0.2, 0) is 14.4 Å². The number of ketones is 2. The van der Waals surface area contributed by atoms with Crippen LogP contribution in [0.4, 0.5) is 0 Å². The summed E-state index contributed by atoms with van der Waals surface area (Å²) in [5.41, 5.74) is -0.127. The second-order valence-corrected chi connectivity index (χ2v) is 14.0. The van der Waals surface area contributed by atoms with Crippen molar-refractivity contribution in [1.29, 1.82) is 5.26 Å². The van der Waals surface area contributed by atoms with Gasteiger partial charge in [0.25, 0.3) is 0 Å². The highest BCUT2D eigenvalue weighted by molar-refractivity contribution is 6.04. The second-order valence-electron chi connectivity index (χ2n) is 14.0. The largest absolute Gasteiger partial charge is 0.303 e. The van der Waals surface area contributed by atoms with Crippen molar-refractivity contribution in [2.24, 2.45) is 50.7 Å². The molecule has 0 heterocycles. The Morgan fingerprint density at radius 2 is 1.68 bits per heavy atom. The lowest BCUT2D eigenvalue weighted by Gasteiger charge is -2.64. The van der Waals surface area contributed by atoms with E-state index < -0.39 is 10.8 Å². The van der Waals surface area contributed by atoms with Crippen LogP contribution in [0.5, 0.6) is 0 Å². The molecule has 5 rings (SSSR count). The lowest BCUT2D eigenvalue weighted by molar-refractivity contribution is -0.152. The van der Waals surface area contributed by atoms with Crippen LogP contribution in [0.1, 0.15) is 86.5 Å². The Kier molecular flexibility index (Phi) is 4.90. The molecular weight excluding hydrogens is 422 g/mol. The number of carbonyl (C=O) groups is 3. The number of nitriles is 1. The summed E-state index contributed by atoms with van der Waals surface area (Å²) in [7, 11) is 0. The molecule has 4 nitrogen and oxygen atoms in total. The minimum Gasteiger partial charge on any atom is -0.303 e. The number of fused-ring (bicyclic) bond motifs is 7. The molecule has 182 valence electrons. The minimum atomic E-state index is -0.636. The zero-order chi connectivity index (χ0) is 24.9. The van der Waals surface area contributed by atoms with Crippen LogP contribution in [0.25, 0.3) is 0 Å². The Bertz CT molecular complexity index is 1090. The van der Waals surface area contributed by atoms with Crippen LogP contribution in [0.2, 0.25) is 0 Å². The van der Waals surface area contributed by atoms with E-state index in [9.17, 15) is 19.6 Å². The summed E-state index contributed by atoms with van der Waals surface area (Å²) in [6.07, 6.45) is 11.5. The predicted octanol–water partition coefficient (Wildman–Crippen LogP) is 6.01. The molecule has 0 aromatic carbocycles. The van der Waals surface area contributed by atoms with Gasteiger partial charge in [0.2, 0.25) is 0 Å². The molecule has 3 saturated carbocycles. The van der Waals surface area contributed by atoms with E-state index >= 15 is 0 Å². The van der Waals surface area contributed by atoms with Gasteiger partial charge >= 0.3 is 0 Å². The highest BCUT2D eigenvalue weighted by Gasteiger charge is 2.65. The van der Waals surface area contributed by atoms with E-state index in [4.69, 9.17) is 0 Å². The second kappa shape index (κ2) is 7.02. The first-order chi connectivity index (χ1) is 15.8. The zero-order valence-corrected chi connectivity index (χ0v) is 21.7. The van der Waals surface area contributed by atoms with Crippen molar-refractivity contribution in [2.45, 2.75) is 86.5 Å². The van der Waals surface area contributed by atoms with Gasteiger partial charge in [0, 0.05) is 22.2 Å². The van der Waals surface area contributed by atoms with Crippen LogP contribution >= 0.6 is 0 Å². The van der Waals surface area contributed by atoms with E-state index in [1.54, 1.807) is 0 Å². The van der Waals surface area contributed by atoms with Crippen molar-refractivity contribution in [3.8, 4) is 6.07 Å². The Morgan fingerprint density at radius 3 is 2.32 bits per heavy atom. The van der Waals surface area contributed by atoms with E-state index in [0.717, 1.165) is 50.5 Å². The fraction of sp³-hybridized carbons (Fsp3) is 0.733. The van der Waals surface area contributed by atoms with Gasteiger partial charge in [0.05, 0.1) is 5.57 Å². The lowest BCUT2D eigenvalue weighted by Crippen LogP contribution is -2.60. The molecule has 7 unspecified atom stereocenters. The SMILES string of the molecule is CC1(C)CCC2(C=O)CCC3C(C(=O)C=C4C5(C)C=C(C#N)C(=O)C(C)(C)C5CCC43C)C2C1. The molecule has 0 radical (unpaired) electrons. The van der Waals surface area contributed by atoms with Crippen LogP contribution < -0.4 is 0 Å². The first-order valence-corrected chi connectivity index (χ1v) is 13.2. The van der Waals surface area contributed by atoms with Gasteiger partial charge in [-0.3, -0.25) is 9.59 Å². The summed E-state index contributed by atoms with van der Waals surface area (Å²) in [5.74, 6) is 0.387.